The summed E-state index contributed by atoms with van der Waals surface area (Å²) in [5, 5.41) is 16.0. The number of aliphatic hydroxyl groups excluding tert-OH is 1. The van der Waals surface area contributed by atoms with E-state index in [4.69, 9.17) is 14.6 Å². The van der Waals surface area contributed by atoms with E-state index in [0.29, 0.717) is 42.6 Å². The van der Waals surface area contributed by atoms with Crippen LogP contribution in [0.2, 0.25) is 0 Å². The van der Waals surface area contributed by atoms with Gasteiger partial charge in [0.25, 0.3) is 5.91 Å². The number of nitrogens with one attached hydrogen (secondary N) is 1. The van der Waals surface area contributed by atoms with Crippen LogP contribution in [-0.4, -0.2) is 57.4 Å². The second-order valence-corrected chi connectivity index (χ2v) is 7.88. The number of nitrogens with zero attached hydrogens (tertiary/aromatic N) is 3. The van der Waals surface area contributed by atoms with Crippen molar-refractivity contribution in [2.45, 2.75) is 39.8 Å². The molecule has 3 rings (SSSR count). The average Bonchev–Trinajstić information content (AvgIpc) is 3.34. The van der Waals surface area contributed by atoms with Gasteiger partial charge in [0.2, 0.25) is 5.91 Å². The molecule has 2 N–H and O–H groups in total. The number of carbonyl (C=O) groups excluding carboxylic acids is 2. The zero-order chi connectivity index (χ0) is 23.1. The number of hydrogen-bond donors (Lipinski definition) is 2. The lowest BCUT2D eigenvalue weighted by atomic mass is 10.0. The molecule has 1 aliphatic heterocycles. The van der Waals surface area contributed by atoms with Gasteiger partial charge in [0.05, 0.1) is 26.3 Å². The van der Waals surface area contributed by atoms with Crippen molar-refractivity contribution in [1.29, 1.82) is 0 Å². The first-order valence-electron chi connectivity index (χ1n) is 10.8. The average molecular weight is 443 g/mol. The molecule has 1 atom stereocenters. The summed E-state index contributed by atoms with van der Waals surface area (Å²) in [5.74, 6) is 1.54. The second kappa shape index (κ2) is 10.8. The minimum absolute atomic E-state index is 0.0474. The first-order valence-corrected chi connectivity index (χ1v) is 10.8. The molecule has 32 heavy (non-hydrogen) atoms. The van der Waals surface area contributed by atoms with Gasteiger partial charge in [-0.3, -0.25) is 14.3 Å². The third-order valence-corrected chi connectivity index (χ3v) is 4.88. The molecule has 0 spiro atoms. The van der Waals surface area contributed by atoms with Crippen LogP contribution < -0.4 is 14.8 Å². The molecule has 1 aromatic heterocycles. The Morgan fingerprint density at radius 2 is 2.00 bits per heavy atom. The largest absolute Gasteiger partial charge is 0.490 e. The number of benzene rings is 1. The van der Waals surface area contributed by atoms with Crippen LogP contribution in [0.4, 0.5) is 5.82 Å². The summed E-state index contributed by atoms with van der Waals surface area (Å²) < 4.78 is 13.1. The number of ether oxygens (including phenoxy) is 2. The van der Waals surface area contributed by atoms with Gasteiger partial charge in [-0.1, -0.05) is 26.0 Å². The number of carbonyl (C=O) groups is 2. The van der Waals surface area contributed by atoms with E-state index in [2.05, 4.69) is 10.4 Å². The predicted molar refractivity (Wildman–Crippen MR) is 119 cm³/mol. The fourth-order valence-electron chi connectivity index (χ4n) is 3.48. The van der Waals surface area contributed by atoms with Crippen molar-refractivity contribution in [3.8, 4) is 11.5 Å². The van der Waals surface area contributed by atoms with Crippen molar-refractivity contribution in [1.82, 2.24) is 14.7 Å². The second-order valence-electron chi connectivity index (χ2n) is 7.88. The van der Waals surface area contributed by atoms with Gasteiger partial charge in [-0.25, -0.2) is 0 Å². The first-order chi connectivity index (χ1) is 15.4. The number of para-hydroxylation sites is 2. The molecule has 0 saturated heterocycles. The zero-order valence-electron chi connectivity index (χ0n) is 18.7. The fourth-order valence-corrected chi connectivity index (χ4v) is 3.48. The van der Waals surface area contributed by atoms with Crippen molar-refractivity contribution in [3.05, 3.63) is 48.4 Å². The molecule has 2 heterocycles. The van der Waals surface area contributed by atoms with Crippen LogP contribution in [0.1, 0.15) is 27.2 Å². The first kappa shape index (κ1) is 23.3. The normalized spacial score (nSPS) is 14.5. The van der Waals surface area contributed by atoms with E-state index in [9.17, 15) is 9.59 Å². The lowest BCUT2D eigenvalue weighted by Gasteiger charge is -2.28. The Morgan fingerprint density at radius 1 is 1.25 bits per heavy atom. The third kappa shape index (κ3) is 5.88. The lowest BCUT2D eigenvalue weighted by Crippen LogP contribution is -2.46. The van der Waals surface area contributed by atoms with Gasteiger partial charge in [0.15, 0.2) is 17.3 Å². The highest BCUT2D eigenvalue weighted by Crippen LogP contribution is 2.30. The topological polar surface area (TPSA) is 106 Å². The molecule has 0 radical (unpaired) electrons. The SMILES string of the molecule is CCOc1ccccc1OC1=CC(=O)N([C@@H](CC(C)C)C(=O)Nc2ccn(CCO)n2)C1. The Bertz CT molecular complexity index is 969. The van der Waals surface area contributed by atoms with E-state index in [-0.39, 0.29) is 30.9 Å². The minimum atomic E-state index is -0.676. The Hall–Kier alpha value is -3.33. The van der Waals surface area contributed by atoms with E-state index in [1.165, 1.54) is 15.7 Å². The van der Waals surface area contributed by atoms with Gasteiger partial charge in [-0.15, -0.1) is 0 Å². The van der Waals surface area contributed by atoms with E-state index in [1.807, 2.05) is 32.9 Å². The van der Waals surface area contributed by atoms with Crippen molar-refractivity contribution in [3.63, 3.8) is 0 Å². The maximum Gasteiger partial charge on any atom is 0.251 e. The lowest BCUT2D eigenvalue weighted by molar-refractivity contribution is -0.133. The minimum Gasteiger partial charge on any atom is -0.490 e. The Morgan fingerprint density at radius 3 is 2.69 bits per heavy atom. The molecule has 0 bridgehead atoms. The Labute approximate surface area is 187 Å². The van der Waals surface area contributed by atoms with Gasteiger partial charge >= 0.3 is 0 Å². The number of aromatic nitrogens is 2. The third-order valence-electron chi connectivity index (χ3n) is 4.88. The molecule has 172 valence electrons. The van der Waals surface area contributed by atoms with E-state index in [0.717, 1.165) is 0 Å². The summed E-state index contributed by atoms with van der Waals surface area (Å²) in [7, 11) is 0. The van der Waals surface area contributed by atoms with Crippen LogP contribution in [0, 0.1) is 5.92 Å². The number of rotatable bonds is 11. The number of aliphatic hydroxyl groups is 1. The summed E-state index contributed by atoms with van der Waals surface area (Å²) in [6, 6.07) is 8.24. The molecule has 0 saturated carbocycles. The Balaban J connectivity index is 1.71. The van der Waals surface area contributed by atoms with Crippen LogP contribution in [0.3, 0.4) is 0 Å². The molecule has 9 nitrogen and oxygen atoms in total. The molecule has 2 amide bonds. The van der Waals surface area contributed by atoms with Gasteiger partial charge in [-0.2, -0.15) is 5.10 Å². The van der Waals surface area contributed by atoms with E-state index < -0.39 is 6.04 Å². The molecule has 1 aromatic carbocycles. The summed E-state index contributed by atoms with van der Waals surface area (Å²) >= 11 is 0. The Kier molecular flexibility index (Phi) is 7.88. The number of hydrogen-bond acceptors (Lipinski definition) is 6. The van der Waals surface area contributed by atoms with Crippen LogP contribution in [0.15, 0.2) is 48.4 Å². The van der Waals surface area contributed by atoms with Crippen LogP contribution in [-0.2, 0) is 16.1 Å². The molecule has 1 aliphatic rings. The highest BCUT2D eigenvalue weighted by molar-refractivity contribution is 5.99. The van der Waals surface area contributed by atoms with Gasteiger partial charge in [-0.05, 0) is 31.4 Å². The van der Waals surface area contributed by atoms with Crippen LogP contribution in [0.25, 0.3) is 0 Å². The monoisotopic (exact) mass is 442 g/mol. The predicted octanol–water partition coefficient (Wildman–Crippen LogP) is 2.43. The molecular weight excluding hydrogens is 412 g/mol. The molecule has 0 unspecified atom stereocenters. The van der Waals surface area contributed by atoms with Crippen molar-refractivity contribution in [2.24, 2.45) is 5.92 Å². The van der Waals surface area contributed by atoms with Crippen LogP contribution in [0.5, 0.6) is 11.5 Å². The molecule has 0 aliphatic carbocycles. The molecular formula is C23H30N4O5. The maximum atomic E-state index is 13.1. The molecule has 2 aromatic rings. The van der Waals surface area contributed by atoms with E-state index >= 15 is 0 Å². The van der Waals surface area contributed by atoms with Crippen LogP contribution >= 0.6 is 0 Å². The van der Waals surface area contributed by atoms with Crippen molar-refractivity contribution in [2.75, 3.05) is 25.1 Å². The highest BCUT2D eigenvalue weighted by Gasteiger charge is 2.35. The summed E-state index contributed by atoms with van der Waals surface area (Å²) in [4.78, 5) is 27.3. The fraction of sp³-hybridized carbons (Fsp3) is 0.435. The van der Waals surface area contributed by atoms with Crippen molar-refractivity contribution < 1.29 is 24.2 Å². The number of anilines is 1. The van der Waals surface area contributed by atoms with Gasteiger partial charge in [0.1, 0.15) is 11.8 Å². The highest BCUT2D eigenvalue weighted by atomic mass is 16.5. The van der Waals surface area contributed by atoms with E-state index in [1.54, 1.807) is 24.4 Å². The molecule has 9 heteroatoms. The van der Waals surface area contributed by atoms with Crippen molar-refractivity contribution >= 4 is 17.6 Å². The summed E-state index contributed by atoms with van der Waals surface area (Å²) in [6.45, 7) is 6.86. The smallest absolute Gasteiger partial charge is 0.251 e. The molecule has 0 fully saturated rings. The van der Waals surface area contributed by atoms with Gasteiger partial charge < -0.3 is 24.8 Å². The summed E-state index contributed by atoms with van der Waals surface area (Å²) in [5.41, 5.74) is 0. The standard InChI is InChI=1S/C23H30N4O5/c1-4-31-19-7-5-6-8-20(19)32-17-14-22(29)27(15-17)18(13-16(2)3)23(30)24-21-9-10-26(25-21)11-12-28/h5-10,14,16,18,28H,4,11-13,15H2,1-3H3,(H,24,25,30)/t18-/m0/s1. The quantitative estimate of drug-likeness (QED) is 0.554. The van der Waals surface area contributed by atoms with Gasteiger partial charge in [0, 0.05) is 18.3 Å². The number of amides is 2. The maximum absolute atomic E-state index is 13.1. The zero-order valence-corrected chi connectivity index (χ0v) is 18.7. The summed E-state index contributed by atoms with van der Waals surface area (Å²) in [6.07, 6.45) is 3.58.